The minimum Gasteiger partial charge on any atom is -0.346 e. The molecular formula is C23H25FN2O. The van der Waals surface area contributed by atoms with Crippen LogP contribution in [-0.4, -0.2) is 16.4 Å². The van der Waals surface area contributed by atoms with Gasteiger partial charge in [0, 0.05) is 23.2 Å². The molecule has 0 aliphatic carbocycles. The van der Waals surface area contributed by atoms with Gasteiger partial charge in [0.2, 0.25) is 0 Å². The van der Waals surface area contributed by atoms with Gasteiger partial charge >= 0.3 is 0 Å². The quantitative estimate of drug-likeness (QED) is 0.657. The molecule has 140 valence electrons. The van der Waals surface area contributed by atoms with Crippen LogP contribution in [-0.2, 0) is 6.42 Å². The second-order valence-corrected chi connectivity index (χ2v) is 7.84. The minimum absolute atomic E-state index is 0.159. The van der Waals surface area contributed by atoms with Gasteiger partial charge in [0.25, 0.3) is 5.91 Å². The van der Waals surface area contributed by atoms with Crippen LogP contribution in [0.3, 0.4) is 0 Å². The largest absolute Gasteiger partial charge is 0.346 e. The Bertz CT molecular complexity index is 940. The molecule has 3 rings (SSSR count). The third-order valence-corrected chi connectivity index (χ3v) is 4.62. The lowest BCUT2D eigenvalue weighted by Crippen LogP contribution is -2.48. The first-order valence-corrected chi connectivity index (χ1v) is 9.26. The van der Waals surface area contributed by atoms with Gasteiger partial charge < -0.3 is 5.32 Å². The molecule has 4 heteroatoms. The number of amides is 1. The third kappa shape index (κ3) is 4.91. The van der Waals surface area contributed by atoms with Crippen molar-refractivity contribution in [3.63, 3.8) is 0 Å². The van der Waals surface area contributed by atoms with Crippen LogP contribution >= 0.6 is 0 Å². The van der Waals surface area contributed by atoms with Crippen molar-refractivity contribution >= 4 is 16.8 Å². The van der Waals surface area contributed by atoms with Crippen LogP contribution in [0.25, 0.3) is 10.9 Å². The molecule has 0 fully saturated rings. The van der Waals surface area contributed by atoms with Crippen LogP contribution < -0.4 is 5.32 Å². The predicted octanol–water partition coefficient (Wildman–Crippen LogP) is 5.15. The van der Waals surface area contributed by atoms with Crippen molar-refractivity contribution in [2.75, 3.05) is 0 Å². The van der Waals surface area contributed by atoms with Crippen molar-refractivity contribution in [3.05, 3.63) is 77.7 Å². The molecule has 0 aliphatic rings. The maximum absolute atomic E-state index is 13.3. The average Bonchev–Trinajstić information content (AvgIpc) is 2.61. The molecule has 3 aromatic rings. The molecule has 3 nitrogen and oxygen atoms in total. The number of carbonyl (C=O) groups is 1. The van der Waals surface area contributed by atoms with Crippen LogP contribution in [0.1, 0.15) is 43.1 Å². The van der Waals surface area contributed by atoms with Crippen molar-refractivity contribution in [3.8, 4) is 0 Å². The van der Waals surface area contributed by atoms with Crippen molar-refractivity contribution in [2.45, 2.75) is 39.2 Å². The molecule has 1 heterocycles. The molecule has 27 heavy (non-hydrogen) atoms. The highest BCUT2D eigenvalue weighted by molar-refractivity contribution is 5.97. The normalized spacial score (nSPS) is 13.5. The van der Waals surface area contributed by atoms with E-state index in [9.17, 15) is 9.18 Å². The van der Waals surface area contributed by atoms with Gasteiger partial charge in [-0.1, -0.05) is 44.2 Å². The van der Waals surface area contributed by atoms with E-state index in [0.717, 1.165) is 18.2 Å². The maximum atomic E-state index is 13.3. The van der Waals surface area contributed by atoms with E-state index < -0.39 is 0 Å². The number of halogens is 1. The number of hydrogen-bond donors (Lipinski definition) is 1. The van der Waals surface area contributed by atoms with Crippen LogP contribution in [0.15, 0.2) is 60.8 Å². The summed E-state index contributed by atoms with van der Waals surface area (Å²) < 4.78 is 13.3. The first-order chi connectivity index (χ1) is 12.8. The summed E-state index contributed by atoms with van der Waals surface area (Å²) in [7, 11) is 0. The summed E-state index contributed by atoms with van der Waals surface area (Å²) in [6.07, 6.45) is 3.12. The topological polar surface area (TPSA) is 42.0 Å². The van der Waals surface area contributed by atoms with E-state index in [1.54, 1.807) is 12.1 Å². The third-order valence-electron chi connectivity index (χ3n) is 4.62. The van der Waals surface area contributed by atoms with Gasteiger partial charge in [-0.25, -0.2) is 4.39 Å². The van der Waals surface area contributed by atoms with Crippen LogP contribution in [0.2, 0.25) is 0 Å². The fourth-order valence-electron chi connectivity index (χ4n) is 3.68. The second kappa shape index (κ2) is 7.87. The molecule has 1 atom stereocenters. The number of nitrogens with one attached hydrogen (secondary N) is 1. The number of rotatable bonds is 6. The average molecular weight is 364 g/mol. The zero-order valence-electron chi connectivity index (χ0n) is 16.0. The Morgan fingerprint density at radius 2 is 1.89 bits per heavy atom. The fraction of sp³-hybridized carbons (Fsp3) is 0.304. The van der Waals surface area contributed by atoms with Crippen molar-refractivity contribution < 1.29 is 9.18 Å². The SMILES string of the molecule is CC(C)CC(C)(Cc1ccccc1)NC(=O)c1cnc2cc(F)ccc2c1. The lowest BCUT2D eigenvalue weighted by Gasteiger charge is -2.33. The highest BCUT2D eigenvalue weighted by atomic mass is 19.1. The van der Waals surface area contributed by atoms with Gasteiger partial charge in [-0.05, 0) is 49.4 Å². The zero-order chi connectivity index (χ0) is 19.4. The zero-order valence-corrected chi connectivity index (χ0v) is 16.0. The number of hydrogen-bond acceptors (Lipinski definition) is 2. The molecule has 0 bridgehead atoms. The second-order valence-electron chi connectivity index (χ2n) is 7.84. The Morgan fingerprint density at radius 1 is 1.15 bits per heavy atom. The van der Waals surface area contributed by atoms with E-state index in [1.165, 1.54) is 23.9 Å². The monoisotopic (exact) mass is 364 g/mol. The summed E-state index contributed by atoms with van der Waals surface area (Å²) in [5.41, 5.74) is 1.84. The van der Waals surface area contributed by atoms with E-state index in [4.69, 9.17) is 0 Å². The number of carbonyl (C=O) groups excluding carboxylic acids is 1. The Kier molecular flexibility index (Phi) is 5.54. The molecular weight excluding hydrogens is 339 g/mol. The standard InChI is InChI=1S/C23H25FN2O/c1-16(2)13-23(3,14-17-7-5-4-6-8-17)26-22(27)19-11-18-9-10-20(24)12-21(18)25-15-19/h4-12,15-16H,13-14H2,1-3H3,(H,26,27). The highest BCUT2D eigenvalue weighted by Gasteiger charge is 2.28. The summed E-state index contributed by atoms with van der Waals surface area (Å²) in [5.74, 6) is -0.0518. The molecule has 1 N–H and O–H groups in total. The van der Waals surface area contributed by atoms with Crippen LogP contribution in [0.4, 0.5) is 4.39 Å². The summed E-state index contributed by atoms with van der Waals surface area (Å²) >= 11 is 0. The van der Waals surface area contributed by atoms with Gasteiger partial charge in [0.05, 0.1) is 11.1 Å². The van der Waals surface area contributed by atoms with Crippen molar-refractivity contribution in [1.29, 1.82) is 0 Å². The highest BCUT2D eigenvalue weighted by Crippen LogP contribution is 2.23. The summed E-state index contributed by atoms with van der Waals surface area (Å²) in [5, 5.41) is 3.96. The molecule has 0 saturated heterocycles. The summed E-state index contributed by atoms with van der Waals surface area (Å²) in [6, 6.07) is 16.3. The molecule has 1 aromatic heterocycles. The van der Waals surface area contributed by atoms with Crippen LogP contribution in [0, 0.1) is 11.7 Å². The van der Waals surface area contributed by atoms with Gasteiger partial charge in [0.1, 0.15) is 5.82 Å². The molecule has 0 radical (unpaired) electrons. The molecule has 1 amide bonds. The van der Waals surface area contributed by atoms with Gasteiger partial charge in [-0.15, -0.1) is 0 Å². The van der Waals surface area contributed by atoms with Crippen LogP contribution in [0.5, 0.6) is 0 Å². The Morgan fingerprint density at radius 3 is 2.59 bits per heavy atom. The lowest BCUT2D eigenvalue weighted by atomic mass is 9.84. The van der Waals surface area contributed by atoms with Gasteiger partial charge in [-0.3, -0.25) is 9.78 Å². The fourth-order valence-corrected chi connectivity index (χ4v) is 3.68. The number of fused-ring (bicyclic) bond motifs is 1. The molecule has 0 saturated carbocycles. The van der Waals surface area contributed by atoms with Gasteiger partial charge in [0.15, 0.2) is 0 Å². The van der Waals surface area contributed by atoms with Gasteiger partial charge in [-0.2, -0.15) is 0 Å². The van der Waals surface area contributed by atoms with E-state index in [1.807, 2.05) is 18.2 Å². The Balaban J connectivity index is 1.84. The first-order valence-electron chi connectivity index (χ1n) is 9.26. The molecule has 2 aromatic carbocycles. The number of benzene rings is 2. The van der Waals surface area contributed by atoms with E-state index >= 15 is 0 Å². The number of aromatic nitrogens is 1. The summed E-state index contributed by atoms with van der Waals surface area (Å²) in [6.45, 7) is 6.39. The number of nitrogens with zero attached hydrogens (tertiary/aromatic N) is 1. The van der Waals surface area contributed by atoms with E-state index in [-0.39, 0.29) is 17.3 Å². The lowest BCUT2D eigenvalue weighted by molar-refractivity contribution is 0.0894. The Labute approximate surface area is 159 Å². The molecule has 1 unspecified atom stereocenters. The first kappa shape index (κ1) is 19.0. The van der Waals surface area contributed by atoms with E-state index in [2.05, 4.69) is 43.2 Å². The Hall–Kier alpha value is -2.75. The van der Waals surface area contributed by atoms with Crippen molar-refractivity contribution in [1.82, 2.24) is 10.3 Å². The molecule has 0 aliphatic heterocycles. The number of pyridine rings is 1. The predicted molar refractivity (Wildman–Crippen MR) is 107 cm³/mol. The molecule has 0 spiro atoms. The van der Waals surface area contributed by atoms with E-state index in [0.29, 0.717) is 17.0 Å². The minimum atomic E-state index is -0.371. The maximum Gasteiger partial charge on any atom is 0.253 e. The summed E-state index contributed by atoms with van der Waals surface area (Å²) in [4.78, 5) is 17.2. The smallest absolute Gasteiger partial charge is 0.253 e. The van der Waals surface area contributed by atoms with Crippen molar-refractivity contribution in [2.24, 2.45) is 5.92 Å².